The molecule has 0 N–H and O–H groups in total. The third-order valence-corrected chi connectivity index (χ3v) is 4.98. The van der Waals surface area contributed by atoms with Crippen LogP contribution in [0.15, 0.2) is 35.7 Å². The first-order chi connectivity index (χ1) is 11.7. The first-order valence-corrected chi connectivity index (χ1v) is 8.79. The number of carbonyl (C=O) groups excluding carboxylic acids is 1. The van der Waals surface area contributed by atoms with E-state index in [9.17, 15) is 4.79 Å². The number of thioether (sulfide) groups is 1. The van der Waals surface area contributed by atoms with Crippen LogP contribution in [0.4, 0.5) is 0 Å². The first kappa shape index (κ1) is 16.8. The third kappa shape index (κ3) is 3.88. The van der Waals surface area contributed by atoms with Crippen molar-refractivity contribution in [2.75, 3.05) is 46.1 Å². The fourth-order valence-electron chi connectivity index (χ4n) is 2.52. The number of carbonyl (C=O) groups is 1. The Labute approximate surface area is 145 Å². The number of hydrogen-bond acceptors (Lipinski definition) is 6. The molecule has 24 heavy (non-hydrogen) atoms. The zero-order valence-electron chi connectivity index (χ0n) is 13.9. The van der Waals surface area contributed by atoms with Crippen molar-refractivity contribution in [1.29, 1.82) is 0 Å². The highest BCUT2D eigenvalue weighted by atomic mass is 32.2. The van der Waals surface area contributed by atoms with E-state index >= 15 is 0 Å². The minimum atomic E-state index is 0.150. The maximum absolute atomic E-state index is 12.3. The summed E-state index contributed by atoms with van der Waals surface area (Å²) in [6.07, 6.45) is 1.66. The molecule has 128 valence electrons. The van der Waals surface area contributed by atoms with Gasteiger partial charge in [0, 0.05) is 31.9 Å². The van der Waals surface area contributed by atoms with Gasteiger partial charge in [0.25, 0.3) is 0 Å². The van der Waals surface area contributed by atoms with Crippen molar-refractivity contribution >= 4 is 17.7 Å². The number of hydrogen-bond donors (Lipinski definition) is 0. The standard InChI is InChI=1S/C16H21N5O2S/c1-19-7-9-20(10-8-19)15(22)11-24-16-18-17-12-21(16)13-3-5-14(23-2)6-4-13/h3-6,12H,7-11H2,1-2H3. The quantitative estimate of drug-likeness (QED) is 0.756. The molecule has 2 aromatic rings. The average molecular weight is 347 g/mol. The Bertz CT molecular complexity index is 680. The van der Waals surface area contributed by atoms with Crippen molar-refractivity contribution < 1.29 is 9.53 Å². The summed E-state index contributed by atoms with van der Waals surface area (Å²) in [7, 11) is 3.72. The highest BCUT2D eigenvalue weighted by Gasteiger charge is 2.20. The van der Waals surface area contributed by atoms with Crippen LogP contribution in [0, 0.1) is 0 Å². The molecule has 7 nitrogen and oxygen atoms in total. The van der Waals surface area contributed by atoms with Crippen LogP contribution in [0.1, 0.15) is 0 Å². The summed E-state index contributed by atoms with van der Waals surface area (Å²) in [4.78, 5) is 16.5. The lowest BCUT2D eigenvalue weighted by Crippen LogP contribution is -2.47. The molecule has 0 atom stereocenters. The van der Waals surface area contributed by atoms with Gasteiger partial charge < -0.3 is 14.5 Å². The molecule has 0 radical (unpaired) electrons. The molecule has 1 aromatic carbocycles. The second-order valence-electron chi connectivity index (χ2n) is 5.65. The minimum absolute atomic E-state index is 0.150. The Morgan fingerprint density at radius 1 is 1.21 bits per heavy atom. The van der Waals surface area contributed by atoms with Crippen molar-refractivity contribution in [3.05, 3.63) is 30.6 Å². The van der Waals surface area contributed by atoms with Gasteiger partial charge in [-0.2, -0.15) is 0 Å². The van der Waals surface area contributed by atoms with E-state index in [0.717, 1.165) is 37.6 Å². The minimum Gasteiger partial charge on any atom is -0.497 e. The Morgan fingerprint density at radius 3 is 2.58 bits per heavy atom. The topological polar surface area (TPSA) is 63.5 Å². The maximum Gasteiger partial charge on any atom is 0.233 e. The fourth-order valence-corrected chi connectivity index (χ4v) is 3.35. The van der Waals surface area contributed by atoms with Crippen LogP contribution in [0.2, 0.25) is 0 Å². The van der Waals surface area contributed by atoms with Crippen LogP contribution in [-0.2, 0) is 4.79 Å². The van der Waals surface area contributed by atoms with Gasteiger partial charge in [-0.25, -0.2) is 0 Å². The molecule has 1 aromatic heterocycles. The van der Waals surface area contributed by atoms with Crippen LogP contribution < -0.4 is 4.74 Å². The molecule has 0 spiro atoms. The molecule has 8 heteroatoms. The predicted molar refractivity (Wildman–Crippen MR) is 92.7 cm³/mol. The second-order valence-corrected chi connectivity index (χ2v) is 6.60. The summed E-state index contributed by atoms with van der Waals surface area (Å²) >= 11 is 1.41. The zero-order valence-corrected chi connectivity index (χ0v) is 14.7. The van der Waals surface area contributed by atoms with Gasteiger partial charge in [0.2, 0.25) is 5.91 Å². The van der Waals surface area contributed by atoms with Crippen molar-refractivity contribution in [3.8, 4) is 11.4 Å². The molecule has 2 heterocycles. The Hall–Kier alpha value is -2.06. The average Bonchev–Trinajstić information content (AvgIpc) is 3.09. The van der Waals surface area contributed by atoms with E-state index in [1.165, 1.54) is 11.8 Å². The van der Waals surface area contributed by atoms with Crippen LogP contribution in [0.25, 0.3) is 5.69 Å². The fraction of sp³-hybridized carbons (Fsp3) is 0.438. The van der Waals surface area contributed by atoms with Gasteiger partial charge in [-0.15, -0.1) is 10.2 Å². The number of piperazine rings is 1. The zero-order chi connectivity index (χ0) is 16.9. The summed E-state index contributed by atoms with van der Waals surface area (Å²) in [5, 5.41) is 8.81. The molecule has 1 aliphatic rings. The van der Waals surface area contributed by atoms with Gasteiger partial charge in [0.15, 0.2) is 5.16 Å². The number of amides is 1. The molecule has 0 saturated carbocycles. The van der Waals surface area contributed by atoms with Crippen molar-refractivity contribution in [2.45, 2.75) is 5.16 Å². The van der Waals surface area contributed by atoms with Crippen molar-refractivity contribution in [1.82, 2.24) is 24.6 Å². The largest absolute Gasteiger partial charge is 0.497 e. The third-order valence-electron chi connectivity index (χ3n) is 4.05. The van der Waals surface area contributed by atoms with Gasteiger partial charge in [-0.1, -0.05) is 11.8 Å². The van der Waals surface area contributed by atoms with Crippen molar-refractivity contribution in [3.63, 3.8) is 0 Å². The number of aromatic nitrogens is 3. The smallest absolute Gasteiger partial charge is 0.233 e. The van der Waals surface area contributed by atoms with Crippen LogP contribution >= 0.6 is 11.8 Å². The Balaban J connectivity index is 1.62. The van der Waals surface area contributed by atoms with Crippen LogP contribution in [-0.4, -0.2) is 76.6 Å². The predicted octanol–water partition coefficient (Wildman–Crippen LogP) is 1.14. The lowest BCUT2D eigenvalue weighted by Gasteiger charge is -2.32. The lowest BCUT2D eigenvalue weighted by atomic mass is 10.3. The number of nitrogens with zero attached hydrogens (tertiary/aromatic N) is 5. The van der Waals surface area contributed by atoms with Gasteiger partial charge >= 0.3 is 0 Å². The van der Waals surface area contributed by atoms with E-state index in [0.29, 0.717) is 10.9 Å². The summed E-state index contributed by atoms with van der Waals surface area (Å²) in [5.74, 6) is 1.32. The maximum atomic E-state index is 12.3. The van der Waals surface area contributed by atoms with E-state index in [4.69, 9.17) is 4.74 Å². The number of methoxy groups -OCH3 is 1. The van der Waals surface area contributed by atoms with Gasteiger partial charge in [0.05, 0.1) is 12.9 Å². The van der Waals surface area contributed by atoms with E-state index in [1.54, 1.807) is 13.4 Å². The van der Waals surface area contributed by atoms with E-state index < -0.39 is 0 Å². The Morgan fingerprint density at radius 2 is 1.92 bits per heavy atom. The SMILES string of the molecule is COc1ccc(-n2cnnc2SCC(=O)N2CCN(C)CC2)cc1. The number of likely N-dealkylation sites (N-methyl/N-ethyl adjacent to an activating group) is 1. The summed E-state index contributed by atoms with van der Waals surface area (Å²) in [5.41, 5.74) is 0.940. The van der Waals surface area contributed by atoms with E-state index in [2.05, 4.69) is 22.1 Å². The van der Waals surface area contributed by atoms with E-state index in [1.807, 2.05) is 33.7 Å². The number of ether oxygens (including phenoxy) is 1. The van der Waals surface area contributed by atoms with Crippen LogP contribution in [0.3, 0.4) is 0 Å². The van der Waals surface area contributed by atoms with E-state index in [-0.39, 0.29) is 5.91 Å². The molecule has 1 fully saturated rings. The van der Waals surface area contributed by atoms with Crippen molar-refractivity contribution in [2.24, 2.45) is 0 Å². The number of rotatable bonds is 5. The first-order valence-electron chi connectivity index (χ1n) is 7.81. The molecule has 0 bridgehead atoms. The molecule has 0 unspecified atom stereocenters. The number of benzene rings is 1. The molecule has 1 aliphatic heterocycles. The molecular weight excluding hydrogens is 326 g/mol. The van der Waals surface area contributed by atoms with Gasteiger partial charge in [0.1, 0.15) is 12.1 Å². The lowest BCUT2D eigenvalue weighted by molar-refractivity contribution is -0.129. The monoisotopic (exact) mass is 347 g/mol. The summed E-state index contributed by atoms with van der Waals surface area (Å²) in [6, 6.07) is 7.65. The summed E-state index contributed by atoms with van der Waals surface area (Å²) < 4.78 is 7.05. The highest BCUT2D eigenvalue weighted by molar-refractivity contribution is 7.99. The summed E-state index contributed by atoms with van der Waals surface area (Å²) in [6.45, 7) is 3.44. The molecule has 3 rings (SSSR count). The van der Waals surface area contributed by atoms with Gasteiger partial charge in [-0.05, 0) is 31.3 Å². The molecular formula is C16H21N5O2S. The second kappa shape index (κ2) is 7.67. The molecule has 1 saturated heterocycles. The molecule has 1 amide bonds. The Kier molecular flexibility index (Phi) is 5.37. The van der Waals surface area contributed by atoms with Gasteiger partial charge in [-0.3, -0.25) is 9.36 Å². The molecule has 0 aliphatic carbocycles. The normalized spacial score (nSPS) is 15.5. The van der Waals surface area contributed by atoms with Crippen LogP contribution in [0.5, 0.6) is 5.75 Å². The highest BCUT2D eigenvalue weighted by Crippen LogP contribution is 2.21.